The molecule has 6 heteroatoms. The lowest BCUT2D eigenvalue weighted by molar-refractivity contribution is -0.142. The average Bonchev–Trinajstić information content (AvgIpc) is 2.64. The number of aryl methyl sites for hydroxylation is 1. The molecule has 2 aromatic rings. The Hall–Kier alpha value is -2.63. The van der Waals surface area contributed by atoms with Gasteiger partial charge in [0.2, 0.25) is 11.8 Å². The Bertz CT molecular complexity index is 872. The molecule has 0 saturated carbocycles. The van der Waals surface area contributed by atoms with E-state index >= 15 is 0 Å². The van der Waals surface area contributed by atoms with Crippen molar-refractivity contribution in [2.24, 2.45) is 0 Å². The number of likely N-dealkylation sites (tertiary alicyclic amines) is 1. The van der Waals surface area contributed by atoms with Crippen LogP contribution in [0.1, 0.15) is 25.0 Å². The van der Waals surface area contributed by atoms with Crippen molar-refractivity contribution in [2.75, 3.05) is 13.6 Å². The molecule has 1 aliphatic rings. The van der Waals surface area contributed by atoms with Gasteiger partial charge in [0.05, 0.1) is 5.52 Å². The van der Waals surface area contributed by atoms with Crippen molar-refractivity contribution in [3.8, 4) is 0 Å². The van der Waals surface area contributed by atoms with Gasteiger partial charge in [0, 0.05) is 30.7 Å². The Morgan fingerprint density at radius 3 is 2.76 bits per heavy atom. The number of likely N-dealkylation sites (N-methyl/N-ethyl adjacent to an activating group) is 1. The molecule has 0 spiro atoms. The van der Waals surface area contributed by atoms with Gasteiger partial charge < -0.3 is 14.8 Å². The lowest BCUT2D eigenvalue weighted by Gasteiger charge is -2.35. The van der Waals surface area contributed by atoms with Crippen LogP contribution in [-0.2, 0) is 16.1 Å². The van der Waals surface area contributed by atoms with Crippen molar-refractivity contribution >= 4 is 22.7 Å². The summed E-state index contributed by atoms with van der Waals surface area (Å²) in [6.45, 7) is 2.54. The molecule has 0 aliphatic carbocycles. The molecule has 132 valence electrons. The van der Waals surface area contributed by atoms with Crippen LogP contribution in [0.3, 0.4) is 0 Å². The summed E-state index contributed by atoms with van der Waals surface area (Å²) in [4.78, 5) is 38.9. The summed E-state index contributed by atoms with van der Waals surface area (Å²) in [6, 6.07) is 8.45. The lowest BCUT2D eigenvalue weighted by Crippen LogP contribution is -2.52. The summed E-state index contributed by atoms with van der Waals surface area (Å²) in [5.41, 5.74) is 1.44. The molecule has 1 aromatic heterocycles. The van der Waals surface area contributed by atoms with Gasteiger partial charge in [-0.25, -0.2) is 0 Å². The number of carbonyl (C=O) groups excluding carboxylic acids is 2. The number of rotatable bonds is 3. The fraction of sp³-hybridized carbons (Fsp3) is 0.421. The van der Waals surface area contributed by atoms with Gasteiger partial charge in [-0.05, 0) is 38.3 Å². The molecule has 1 aromatic carbocycles. The maximum Gasteiger partial charge on any atom is 0.243 e. The van der Waals surface area contributed by atoms with E-state index in [1.807, 2.05) is 29.7 Å². The first-order valence-corrected chi connectivity index (χ1v) is 8.63. The molecule has 1 N–H and O–H groups in total. The van der Waals surface area contributed by atoms with E-state index in [2.05, 4.69) is 5.32 Å². The molecule has 6 nitrogen and oxygen atoms in total. The molecule has 1 aliphatic heterocycles. The van der Waals surface area contributed by atoms with Crippen molar-refractivity contribution in [2.45, 2.75) is 38.8 Å². The molecule has 2 amide bonds. The van der Waals surface area contributed by atoms with E-state index in [4.69, 9.17) is 0 Å². The van der Waals surface area contributed by atoms with Crippen LogP contribution in [0.15, 0.2) is 35.1 Å². The van der Waals surface area contributed by atoms with Crippen molar-refractivity contribution in [3.63, 3.8) is 0 Å². The second-order valence-corrected chi connectivity index (χ2v) is 6.47. The van der Waals surface area contributed by atoms with E-state index < -0.39 is 6.04 Å². The van der Waals surface area contributed by atoms with Gasteiger partial charge in [-0.3, -0.25) is 14.4 Å². The van der Waals surface area contributed by atoms with Crippen LogP contribution in [0.5, 0.6) is 0 Å². The Balaban J connectivity index is 1.94. The van der Waals surface area contributed by atoms with E-state index in [1.54, 1.807) is 24.1 Å². The van der Waals surface area contributed by atoms with Crippen LogP contribution < -0.4 is 10.7 Å². The number of nitrogens with zero attached hydrogens (tertiary/aromatic N) is 2. The van der Waals surface area contributed by atoms with E-state index in [1.165, 1.54) is 0 Å². The standard InChI is InChI=1S/C19H23N3O3/c1-13-11-17(23)14-7-3-4-8-15(14)22(13)12-18(24)21-10-6-5-9-16(21)19(25)20-2/h3-4,7-8,11,16H,5-6,9-10,12H2,1-2H3,(H,20,25)/t16-/m0/s1. The predicted molar refractivity (Wildman–Crippen MR) is 96.4 cm³/mol. The first-order valence-electron chi connectivity index (χ1n) is 8.63. The normalized spacial score (nSPS) is 17.5. The summed E-state index contributed by atoms with van der Waals surface area (Å²) in [5.74, 6) is -0.209. The Labute approximate surface area is 146 Å². The molecule has 2 heterocycles. The molecule has 0 bridgehead atoms. The molecule has 1 atom stereocenters. The van der Waals surface area contributed by atoms with Crippen LogP contribution in [0.2, 0.25) is 0 Å². The minimum absolute atomic E-state index is 0.0435. The van der Waals surface area contributed by atoms with Crippen molar-refractivity contribution in [1.29, 1.82) is 0 Å². The number of piperidine rings is 1. The quantitative estimate of drug-likeness (QED) is 0.918. The van der Waals surface area contributed by atoms with Crippen molar-refractivity contribution in [3.05, 3.63) is 46.2 Å². The highest BCUT2D eigenvalue weighted by Crippen LogP contribution is 2.19. The minimum atomic E-state index is -0.405. The highest BCUT2D eigenvalue weighted by atomic mass is 16.2. The second-order valence-electron chi connectivity index (χ2n) is 6.47. The number of benzene rings is 1. The number of para-hydroxylation sites is 1. The minimum Gasteiger partial charge on any atom is -0.357 e. The number of carbonyl (C=O) groups is 2. The third-order valence-electron chi connectivity index (χ3n) is 4.89. The maximum absolute atomic E-state index is 12.9. The fourth-order valence-corrected chi connectivity index (χ4v) is 3.56. The Morgan fingerprint density at radius 1 is 1.24 bits per heavy atom. The fourth-order valence-electron chi connectivity index (χ4n) is 3.56. The lowest BCUT2D eigenvalue weighted by atomic mass is 10.0. The van der Waals surface area contributed by atoms with Crippen LogP contribution in [0.4, 0.5) is 0 Å². The number of hydrogen-bond acceptors (Lipinski definition) is 3. The molecule has 25 heavy (non-hydrogen) atoms. The van der Waals surface area contributed by atoms with Crippen LogP contribution in [0.25, 0.3) is 10.9 Å². The van der Waals surface area contributed by atoms with E-state index in [9.17, 15) is 14.4 Å². The van der Waals surface area contributed by atoms with Crippen molar-refractivity contribution in [1.82, 2.24) is 14.8 Å². The molecular weight excluding hydrogens is 318 g/mol. The summed E-state index contributed by atoms with van der Waals surface area (Å²) in [5, 5.41) is 3.25. The topological polar surface area (TPSA) is 71.4 Å². The first-order chi connectivity index (χ1) is 12.0. The van der Waals surface area contributed by atoms with E-state index in [-0.39, 0.29) is 23.8 Å². The van der Waals surface area contributed by atoms with Crippen molar-refractivity contribution < 1.29 is 9.59 Å². The second kappa shape index (κ2) is 7.09. The third-order valence-corrected chi connectivity index (χ3v) is 4.89. The van der Waals surface area contributed by atoms with Crippen LogP contribution in [0, 0.1) is 6.92 Å². The zero-order chi connectivity index (χ0) is 18.0. The van der Waals surface area contributed by atoms with Gasteiger partial charge in [0.15, 0.2) is 5.43 Å². The number of pyridine rings is 1. The highest BCUT2D eigenvalue weighted by Gasteiger charge is 2.31. The maximum atomic E-state index is 12.9. The summed E-state index contributed by atoms with van der Waals surface area (Å²) < 4.78 is 1.86. The molecule has 1 fully saturated rings. The smallest absolute Gasteiger partial charge is 0.243 e. The number of fused-ring (bicyclic) bond motifs is 1. The molecule has 0 radical (unpaired) electrons. The zero-order valence-electron chi connectivity index (χ0n) is 14.6. The highest BCUT2D eigenvalue weighted by molar-refractivity contribution is 5.88. The van der Waals surface area contributed by atoms with E-state index in [0.717, 1.165) is 24.1 Å². The van der Waals surface area contributed by atoms with Gasteiger partial charge in [-0.2, -0.15) is 0 Å². The number of amides is 2. The first kappa shape index (κ1) is 17.2. The molecule has 1 saturated heterocycles. The van der Waals surface area contributed by atoms with E-state index in [0.29, 0.717) is 18.4 Å². The van der Waals surface area contributed by atoms with Gasteiger partial charge >= 0.3 is 0 Å². The number of hydrogen-bond donors (Lipinski definition) is 1. The van der Waals surface area contributed by atoms with Gasteiger partial charge in [-0.15, -0.1) is 0 Å². The average molecular weight is 341 g/mol. The van der Waals surface area contributed by atoms with Gasteiger partial charge in [0.25, 0.3) is 0 Å². The Morgan fingerprint density at radius 2 is 2.00 bits per heavy atom. The number of nitrogens with one attached hydrogen (secondary N) is 1. The zero-order valence-corrected chi connectivity index (χ0v) is 14.6. The predicted octanol–water partition coefficient (Wildman–Crippen LogP) is 1.44. The summed E-state index contributed by atoms with van der Waals surface area (Å²) in [7, 11) is 1.60. The molecule has 3 rings (SSSR count). The van der Waals surface area contributed by atoms with Crippen LogP contribution in [-0.4, -0.2) is 40.9 Å². The van der Waals surface area contributed by atoms with Gasteiger partial charge in [-0.1, -0.05) is 12.1 Å². The number of aromatic nitrogens is 1. The van der Waals surface area contributed by atoms with Gasteiger partial charge in [0.1, 0.15) is 12.6 Å². The van der Waals surface area contributed by atoms with Crippen LogP contribution >= 0.6 is 0 Å². The Kier molecular flexibility index (Phi) is 4.88. The molecule has 0 unspecified atom stereocenters. The monoisotopic (exact) mass is 341 g/mol. The molecular formula is C19H23N3O3. The SMILES string of the molecule is CNC(=O)[C@@H]1CCCCN1C(=O)Cn1c(C)cc(=O)c2ccccc21. The summed E-state index contributed by atoms with van der Waals surface area (Å²) in [6.07, 6.45) is 2.54. The summed E-state index contributed by atoms with van der Waals surface area (Å²) >= 11 is 0. The third kappa shape index (κ3) is 3.29. The largest absolute Gasteiger partial charge is 0.357 e.